The minimum atomic E-state index is 0. The Morgan fingerprint density at radius 2 is 2.11 bits per heavy atom. The fraction of sp³-hybridized carbons (Fsp3) is 0.857. The van der Waals surface area contributed by atoms with Gasteiger partial charge in [0.05, 0.1) is 0 Å². The first kappa shape index (κ1) is 11.3. The lowest BCUT2D eigenvalue weighted by molar-refractivity contribution is -0.118. The summed E-state index contributed by atoms with van der Waals surface area (Å²) >= 11 is 0. The molecule has 0 aliphatic rings. The van der Waals surface area contributed by atoms with Crippen LogP contribution >= 0.6 is 0 Å². The molecule has 2 heteroatoms. The lowest BCUT2D eigenvalue weighted by Gasteiger charge is -1.96. The van der Waals surface area contributed by atoms with Crippen molar-refractivity contribution in [3.05, 3.63) is 0 Å². The minimum Gasteiger partial charge on any atom is -0.356 e. The van der Waals surface area contributed by atoms with Gasteiger partial charge < -0.3 is 5.32 Å². The minimum absolute atomic E-state index is 0. The van der Waals surface area contributed by atoms with E-state index in [4.69, 9.17) is 0 Å². The van der Waals surface area contributed by atoms with E-state index < -0.39 is 0 Å². The van der Waals surface area contributed by atoms with Crippen LogP contribution in [0.2, 0.25) is 0 Å². The van der Waals surface area contributed by atoms with Crippen molar-refractivity contribution in [3.8, 4) is 0 Å². The molecule has 0 radical (unpaired) electrons. The van der Waals surface area contributed by atoms with Crippen LogP contribution in [0.15, 0.2) is 0 Å². The van der Waals surface area contributed by atoms with Gasteiger partial charge in [-0.15, -0.1) is 0 Å². The van der Waals surface area contributed by atoms with Crippen LogP contribution in [0.1, 0.15) is 34.1 Å². The van der Waals surface area contributed by atoms with Crippen LogP contribution in [0, 0.1) is 0 Å². The Kier molecular flexibility index (Phi) is 9.37. The maximum Gasteiger partial charge on any atom is 0.216 e. The monoisotopic (exact) mass is 131 g/mol. The normalized spacial score (nSPS) is 7.78. The predicted octanol–water partition coefficient (Wildman–Crippen LogP) is 1.56. The lowest BCUT2D eigenvalue weighted by atomic mass is 10.3. The van der Waals surface area contributed by atoms with Crippen LogP contribution in [0.5, 0.6) is 0 Å². The van der Waals surface area contributed by atoms with Crippen LogP contribution in [-0.4, -0.2) is 12.5 Å². The third-order valence-electron chi connectivity index (χ3n) is 0.904. The van der Waals surface area contributed by atoms with Crippen molar-refractivity contribution in [2.75, 3.05) is 6.54 Å². The molecular weight excluding hydrogens is 114 g/mol. The zero-order valence-electron chi connectivity index (χ0n) is 5.53. The molecule has 1 amide bonds. The van der Waals surface area contributed by atoms with Crippen LogP contribution in [-0.2, 0) is 4.79 Å². The molecule has 2 nitrogen and oxygen atoms in total. The average molecular weight is 131 g/mol. The highest BCUT2D eigenvalue weighted by Gasteiger charge is 1.85. The summed E-state index contributed by atoms with van der Waals surface area (Å²) in [5.41, 5.74) is 0. The number of hydrogen-bond donors (Lipinski definition) is 1. The van der Waals surface area contributed by atoms with E-state index in [1.54, 1.807) is 0 Å². The van der Waals surface area contributed by atoms with E-state index in [-0.39, 0.29) is 13.3 Å². The Hall–Kier alpha value is -0.530. The first-order chi connectivity index (χ1) is 3.77. The number of rotatable bonds is 3. The summed E-state index contributed by atoms with van der Waals surface area (Å²) in [4.78, 5) is 10.2. The summed E-state index contributed by atoms with van der Waals surface area (Å²) in [5, 5.41) is 2.71. The van der Waals surface area contributed by atoms with E-state index in [1.165, 1.54) is 6.92 Å². The van der Waals surface area contributed by atoms with Crippen LogP contribution in [0.3, 0.4) is 0 Å². The van der Waals surface area contributed by atoms with E-state index >= 15 is 0 Å². The van der Waals surface area contributed by atoms with Crippen molar-refractivity contribution >= 4 is 5.91 Å². The second kappa shape index (κ2) is 7.47. The van der Waals surface area contributed by atoms with E-state index in [1.807, 2.05) is 0 Å². The Bertz CT molecular complexity index is 71.3. The van der Waals surface area contributed by atoms with Crippen molar-refractivity contribution in [1.82, 2.24) is 5.32 Å². The molecule has 0 heterocycles. The fourth-order valence-corrected chi connectivity index (χ4v) is 0.441. The molecule has 0 spiro atoms. The Balaban J connectivity index is 0. The maximum atomic E-state index is 10.2. The smallest absolute Gasteiger partial charge is 0.216 e. The number of carbonyl (C=O) groups is 1. The van der Waals surface area contributed by atoms with Crippen LogP contribution in [0.25, 0.3) is 0 Å². The van der Waals surface area contributed by atoms with E-state index in [2.05, 4.69) is 12.2 Å². The summed E-state index contributed by atoms with van der Waals surface area (Å²) in [5.74, 6) is 0.0680. The molecule has 1 N–H and O–H groups in total. The fourth-order valence-electron chi connectivity index (χ4n) is 0.441. The highest BCUT2D eigenvalue weighted by Crippen LogP contribution is 1.80. The number of unbranched alkanes of at least 4 members (excludes halogenated alkanes) is 1. The van der Waals surface area contributed by atoms with Crippen molar-refractivity contribution in [2.45, 2.75) is 34.1 Å². The van der Waals surface area contributed by atoms with E-state index in [9.17, 15) is 4.79 Å². The second-order valence-corrected chi connectivity index (χ2v) is 1.84. The second-order valence-electron chi connectivity index (χ2n) is 1.84. The molecule has 0 aliphatic heterocycles. The molecule has 9 heavy (non-hydrogen) atoms. The van der Waals surface area contributed by atoms with E-state index in [0.717, 1.165) is 19.4 Å². The average Bonchev–Trinajstić information content (AvgIpc) is 1.66. The molecule has 0 aromatic rings. The van der Waals surface area contributed by atoms with Crippen LogP contribution < -0.4 is 5.32 Å². The molecule has 0 aromatic heterocycles. The molecule has 0 saturated carbocycles. The van der Waals surface area contributed by atoms with Crippen molar-refractivity contribution in [1.29, 1.82) is 0 Å². The molecule has 0 bridgehead atoms. The first-order valence-electron chi connectivity index (χ1n) is 3.01. The SMILES string of the molecule is C.CCCCNC(C)=O. The summed E-state index contributed by atoms with van der Waals surface area (Å²) in [6, 6.07) is 0. The zero-order valence-corrected chi connectivity index (χ0v) is 5.53. The first-order valence-corrected chi connectivity index (χ1v) is 3.01. The molecule has 56 valence electrons. The number of hydrogen-bond acceptors (Lipinski definition) is 1. The van der Waals surface area contributed by atoms with Crippen molar-refractivity contribution < 1.29 is 4.79 Å². The van der Waals surface area contributed by atoms with Gasteiger partial charge in [0, 0.05) is 13.5 Å². The zero-order chi connectivity index (χ0) is 6.41. The Morgan fingerprint density at radius 3 is 2.44 bits per heavy atom. The standard InChI is InChI=1S/C6H13NO.CH4/c1-3-4-5-7-6(2)8;/h3-5H2,1-2H3,(H,7,8);1H4. The highest BCUT2D eigenvalue weighted by molar-refractivity contribution is 5.72. The largest absolute Gasteiger partial charge is 0.356 e. The summed E-state index contributed by atoms with van der Waals surface area (Å²) < 4.78 is 0. The van der Waals surface area contributed by atoms with Gasteiger partial charge in [-0.1, -0.05) is 20.8 Å². The molecule has 0 fully saturated rings. The number of amides is 1. The Morgan fingerprint density at radius 1 is 1.56 bits per heavy atom. The van der Waals surface area contributed by atoms with Gasteiger partial charge in [-0.3, -0.25) is 4.79 Å². The van der Waals surface area contributed by atoms with Crippen LogP contribution in [0.4, 0.5) is 0 Å². The summed E-state index contributed by atoms with van der Waals surface area (Å²) in [6.45, 7) is 4.46. The molecule has 0 aliphatic carbocycles. The third-order valence-corrected chi connectivity index (χ3v) is 0.904. The summed E-state index contributed by atoms with van der Waals surface area (Å²) in [7, 11) is 0. The molecule has 0 atom stereocenters. The van der Waals surface area contributed by atoms with E-state index in [0.29, 0.717) is 0 Å². The molecule has 0 rings (SSSR count). The lowest BCUT2D eigenvalue weighted by Crippen LogP contribution is -2.20. The third kappa shape index (κ3) is 11.2. The van der Waals surface area contributed by atoms with Gasteiger partial charge in [-0.05, 0) is 6.42 Å². The van der Waals surface area contributed by atoms with Gasteiger partial charge in [0.15, 0.2) is 0 Å². The van der Waals surface area contributed by atoms with Gasteiger partial charge in [0.1, 0.15) is 0 Å². The predicted molar refractivity (Wildman–Crippen MR) is 40.3 cm³/mol. The van der Waals surface area contributed by atoms with Crippen molar-refractivity contribution in [3.63, 3.8) is 0 Å². The van der Waals surface area contributed by atoms with Crippen molar-refractivity contribution in [2.24, 2.45) is 0 Å². The number of carbonyl (C=O) groups excluding carboxylic acids is 1. The van der Waals surface area contributed by atoms with Gasteiger partial charge in [0.25, 0.3) is 0 Å². The summed E-state index contributed by atoms with van der Waals surface area (Å²) in [6.07, 6.45) is 2.22. The van der Waals surface area contributed by atoms with Gasteiger partial charge >= 0.3 is 0 Å². The quantitative estimate of drug-likeness (QED) is 0.578. The topological polar surface area (TPSA) is 29.1 Å². The molecule has 0 unspecified atom stereocenters. The molecule has 0 saturated heterocycles. The molecular formula is C7H17NO. The molecule has 0 aromatic carbocycles. The van der Waals surface area contributed by atoms with Gasteiger partial charge in [-0.2, -0.15) is 0 Å². The Labute approximate surface area is 57.6 Å². The maximum absolute atomic E-state index is 10.2. The van der Waals surface area contributed by atoms with Gasteiger partial charge in [-0.25, -0.2) is 0 Å². The highest BCUT2D eigenvalue weighted by atomic mass is 16.1. The van der Waals surface area contributed by atoms with Gasteiger partial charge in [0.2, 0.25) is 5.91 Å². The number of nitrogens with one attached hydrogen (secondary N) is 1.